The first-order valence-corrected chi connectivity index (χ1v) is 8.97. The van der Waals surface area contributed by atoms with Gasteiger partial charge in [-0.15, -0.1) is 0 Å². The molecule has 0 saturated heterocycles. The molecule has 28 heavy (non-hydrogen) atoms. The zero-order valence-corrected chi connectivity index (χ0v) is 15.1. The first-order chi connectivity index (χ1) is 13.6. The first-order valence-electron chi connectivity index (χ1n) is 8.97. The highest BCUT2D eigenvalue weighted by molar-refractivity contribution is 5.79. The van der Waals surface area contributed by atoms with Crippen LogP contribution in [0, 0.1) is 0 Å². The summed E-state index contributed by atoms with van der Waals surface area (Å²) in [6, 6.07) is 19.5. The second-order valence-electron chi connectivity index (χ2n) is 6.63. The number of ether oxygens (including phenoxy) is 1. The van der Waals surface area contributed by atoms with E-state index in [2.05, 4.69) is 12.1 Å². The highest BCUT2D eigenvalue weighted by Gasteiger charge is 2.30. The zero-order chi connectivity index (χ0) is 19.5. The van der Waals surface area contributed by atoms with Crippen molar-refractivity contribution in [2.75, 3.05) is 13.2 Å². The number of furan rings is 1. The van der Waals surface area contributed by atoms with Gasteiger partial charge in [0.15, 0.2) is 0 Å². The summed E-state index contributed by atoms with van der Waals surface area (Å²) in [4.78, 5) is 24.9. The number of hydrogen-bond acceptors (Lipinski definition) is 4. The number of amides is 1. The molecule has 0 unspecified atom stereocenters. The van der Waals surface area contributed by atoms with Crippen LogP contribution in [-0.4, -0.2) is 35.2 Å². The molecule has 142 valence electrons. The number of aliphatic carboxylic acids is 1. The number of fused-ring (bicyclic) bond motifs is 3. The summed E-state index contributed by atoms with van der Waals surface area (Å²) in [6.45, 7) is -0.283. The lowest BCUT2D eigenvalue weighted by atomic mass is 9.98. The molecule has 0 fully saturated rings. The molecule has 0 bridgehead atoms. The third kappa shape index (κ3) is 3.49. The molecule has 1 amide bonds. The molecule has 0 spiro atoms. The molecule has 0 radical (unpaired) electrons. The second kappa shape index (κ2) is 7.60. The maximum atomic E-state index is 12.6. The molecule has 0 saturated carbocycles. The van der Waals surface area contributed by atoms with Gasteiger partial charge < -0.3 is 14.3 Å². The topological polar surface area (TPSA) is 80.0 Å². The standard InChI is InChI=1S/C22H19NO5/c24-21(25)13-23(12-15-6-5-11-27-15)22(26)28-14-20-18-9-3-1-7-16(18)17-8-2-4-10-19(17)20/h1-11,20H,12-14H2,(H,24,25). The van der Waals surface area contributed by atoms with Crippen molar-refractivity contribution in [3.05, 3.63) is 83.8 Å². The van der Waals surface area contributed by atoms with Gasteiger partial charge >= 0.3 is 12.1 Å². The van der Waals surface area contributed by atoms with Gasteiger partial charge in [0.2, 0.25) is 0 Å². The predicted molar refractivity (Wildman–Crippen MR) is 102 cm³/mol. The van der Waals surface area contributed by atoms with E-state index < -0.39 is 18.6 Å². The molecule has 1 aliphatic carbocycles. The van der Waals surface area contributed by atoms with E-state index in [-0.39, 0.29) is 19.1 Å². The first kappa shape index (κ1) is 17.9. The monoisotopic (exact) mass is 377 g/mol. The Morgan fingerprint density at radius 3 is 2.18 bits per heavy atom. The number of carboxylic acids is 1. The number of rotatable bonds is 6. The van der Waals surface area contributed by atoms with Crippen LogP contribution in [0.4, 0.5) is 4.79 Å². The Morgan fingerprint density at radius 2 is 1.61 bits per heavy atom. The van der Waals surface area contributed by atoms with Crippen molar-refractivity contribution >= 4 is 12.1 Å². The summed E-state index contributed by atoms with van der Waals surface area (Å²) < 4.78 is 10.8. The Balaban J connectivity index is 1.51. The lowest BCUT2D eigenvalue weighted by molar-refractivity contribution is -0.138. The zero-order valence-electron chi connectivity index (χ0n) is 15.1. The Kier molecular flexibility index (Phi) is 4.85. The van der Waals surface area contributed by atoms with Crippen LogP contribution in [0.2, 0.25) is 0 Å². The van der Waals surface area contributed by atoms with Crippen molar-refractivity contribution in [2.24, 2.45) is 0 Å². The number of nitrogens with zero attached hydrogens (tertiary/aromatic N) is 1. The van der Waals surface area contributed by atoms with Gasteiger partial charge in [0.25, 0.3) is 0 Å². The minimum absolute atomic E-state index is 0.0377. The highest BCUT2D eigenvalue weighted by atomic mass is 16.6. The normalized spacial score (nSPS) is 12.3. The quantitative estimate of drug-likeness (QED) is 0.699. The van der Waals surface area contributed by atoms with Crippen LogP contribution in [0.5, 0.6) is 0 Å². The number of benzene rings is 2. The molecule has 6 heteroatoms. The molecule has 0 aliphatic heterocycles. The third-order valence-electron chi connectivity index (χ3n) is 4.85. The van der Waals surface area contributed by atoms with Gasteiger partial charge in [-0.1, -0.05) is 48.5 Å². The fourth-order valence-corrected chi connectivity index (χ4v) is 3.62. The number of hydrogen-bond donors (Lipinski definition) is 1. The van der Waals surface area contributed by atoms with Gasteiger partial charge in [-0.25, -0.2) is 4.79 Å². The Hall–Kier alpha value is -3.54. The molecular formula is C22H19NO5. The fraction of sp³-hybridized carbons (Fsp3) is 0.182. The molecule has 6 nitrogen and oxygen atoms in total. The third-order valence-corrected chi connectivity index (χ3v) is 4.85. The van der Waals surface area contributed by atoms with Crippen molar-refractivity contribution in [1.29, 1.82) is 0 Å². The van der Waals surface area contributed by atoms with Crippen molar-refractivity contribution in [2.45, 2.75) is 12.5 Å². The minimum atomic E-state index is -1.11. The maximum Gasteiger partial charge on any atom is 0.410 e. The minimum Gasteiger partial charge on any atom is -0.480 e. The molecular weight excluding hydrogens is 358 g/mol. The van der Waals surface area contributed by atoms with Crippen LogP contribution in [-0.2, 0) is 16.1 Å². The maximum absolute atomic E-state index is 12.6. The molecule has 3 aromatic rings. The summed E-state index contributed by atoms with van der Waals surface area (Å²) in [6.07, 6.45) is 0.798. The highest BCUT2D eigenvalue weighted by Crippen LogP contribution is 2.44. The lowest BCUT2D eigenvalue weighted by Crippen LogP contribution is -2.36. The van der Waals surface area contributed by atoms with E-state index in [1.54, 1.807) is 12.1 Å². The predicted octanol–water partition coefficient (Wildman–Crippen LogP) is 4.12. The molecule has 1 aliphatic rings. The average Bonchev–Trinajstić information content (AvgIpc) is 3.31. The van der Waals surface area contributed by atoms with E-state index in [9.17, 15) is 9.59 Å². The van der Waals surface area contributed by atoms with Crippen molar-refractivity contribution < 1.29 is 23.8 Å². The Morgan fingerprint density at radius 1 is 0.964 bits per heavy atom. The van der Waals surface area contributed by atoms with Crippen LogP contribution >= 0.6 is 0 Å². The summed E-state index contributed by atoms with van der Waals surface area (Å²) in [5, 5.41) is 9.12. The van der Waals surface area contributed by atoms with Gasteiger partial charge in [0.05, 0.1) is 12.8 Å². The molecule has 1 heterocycles. The summed E-state index contributed by atoms with van der Waals surface area (Å²) >= 11 is 0. The molecule has 1 aromatic heterocycles. The van der Waals surface area contributed by atoms with Gasteiger partial charge in [0, 0.05) is 5.92 Å². The molecule has 1 N–H and O–H groups in total. The smallest absolute Gasteiger partial charge is 0.410 e. The number of carbonyl (C=O) groups excluding carboxylic acids is 1. The van der Waals surface area contributed by atoms with E-state index in [1.807, 2.05) is 36.4 Å². The van der Waals surface area contributed by atoms with Crippen molar-refractivity contribution in [3.63, 3.8) is 0 Å². The Labute approximate surface area is 162 Å². The number of carboxylic acid groups (broad SMARTS) is 1. The molecule has 0 atom stereocenters. The average molecular weight is 377 g/mol. The van der Waals surface area contributed by atoms with Gasteiger partial charge in [-0.05, 0) is 34.4 Å². The largest absolute Gasteiger partial charge is 0.480 e. The van der Waals surface area contributed by atoms with Crippen molar-refractivity contribution in [1.82, 2.24) is 4.90 Å². The van der Waals surface area contributed by atoms with E-state index >= 15 is 0 Å². The van der Waals surface area contributed by atoms with Crippen LogP contribution in [0.25, 0.3) is 11.1 Å². The van der Waals surface area contributed by atoms with Crippen LogP contribution < -0.4 is 0 Å². The van der Waals surface area contributed by atoms with E-state index in [0.717, 1.165) is 27.2 Å². The van der Waals surface area contributed by atoms with Gasteiger partial charge in [0.1, 0.15) is 18.9 Å². The number of carbonyl (C=O) groups is 2. The van der Waals surface area contributed by atoms with Crippen LogP contribution in [0.15, 0.2) is 71.3 Å². The molecule has 2 aromatic carbocycles. The SMILES string of the molecule is O=C(O)CN(Cc1ccco1)C(=O)OCC1c2ccccc2-c2ccccc21. The van der Waals surface area contributed by atoms with E-state index in [4.69, 9.17) is 14.3 Å². The lowest BCUT2D eigenvalue weighted by Gasteiger charge is -2.21. The summed E-state index contributed by atoms with van der Waals surface area (Å²) in [5.74, 6) is -0.693. The van der Waals surface area contributed by atoms with Crippen LogP contribution in [0.1, 0.15) is 22.8 Å². The second-order valence-corrected chi connectivity index (χ2v) is 6.63. The summed E-state index contributed by atoms with van der Waals surface area (Å²) in [5.41, 5.74) is 4.48. The fourth-order valence-electron chi connectivity index (χ4n) is 3.62. The van der Waals surface area contributed by atoms with Gasteiger partial charge in [-0.2, -0.15) is 0 Å². The molecule has 4 rings (SSSR count). The van der Waals surface area contributed by atoms with E-state index in [0.29, 0.717) is 5.76 Å². The van der Waals surface area contributed by atoms with Gasteiger partial charge in [-0.3, -0.25) is 9.69 Å². The van der Waals surface area contributed by atoms with Crippen molar-refractivity contribution in [3.8, 4) is 11.1 Å². The van der Waals surface area contributed by atoms with E-state index in [1.165, 1.54) is 6.26 Å². The van der Waals surface area contributed by atoms with Crippen LogP contribution in [0.3, 0.4) is 0 Å². The Bertz CT molecular complexity index is 950. The summed E-state index contributed by atoms with van der Waals surface area (Å²) in [7, 11) is 0.